The van der Waals surface area contributed by atoms with E-state index in [1.807, 2.05) is 11.8 Å². The molecule has 1 unspecified atom stereocenters. The number of thioether (sulfide) groups is 1. The maximum Gasteiger partial charge on any atom is 0.0496 e. The average Bonchev–Trinajstić information content (AvgIpc) is 2.27. The molecule has 3 nitrogen and oxygen atoms in total. The highest BCUT2D eigenvalue weighted by Crippen LogP contribution is 2.18. The van der Waals surface area contributed by atoms with Crippen LogP contribution in [0.4, 0.5) is 0 Å². The van der Waals surface area contributed by atoms with Crippen LogP contribution in [0.5, 0.6) is 0 Å². The van der Waals surface area contributed by atoms with Crippen LogP contribution in [0.1, 0.15) is 26.7 Å². The van der Waals surface area contributed by atoms with Gasteiger partial charge in [-0.3, -0.25) is 0 Å². The van der Waals surface area contributed by atoms with Gasteiger partial charge >= 0.3 is 0 Å². The highest BCUT2D eigenvalue weighted by molar-refractivity contribution is 7.99. The lowest BCUT2D eigenvalue weighted by molar-refractivity contribution is 0.136. The van der Waals surface area contributed by atoms with Crippen molar-refractivity contribution in [2.75, 3.05) is 37.8 Å². The molecule has 0 aromatic carbocycles. The molecule has 0 saturated carbocycles. The number of hydrogen-bond donors (Lipinski definition) is 3. The Morgan fingerprint density at radius 2 is 2.00 bits per heavy atom. The zero-order valence-electron chi connectivity index (χ0n) is 9.96. The van der Waals surface area contributed by atoms with Crippen LogP contribution < -0.4 is 5.32 Å². The third-order valence-electron chi connectivity index (χ3n) is 2.66. The molecule has 0 aliphatic rings. The van der Waals surface area contributed by atoms with Gasteiger partial charge in [0.2, 0.25) is 0 Å². The van der Waals surface area contributed by atoms with Gasteiger partial charge in [-0.15, -0.1) is 0 Å². The van der Waals surface area contributed by atoms with Gasteiger partial charge in [0.25, 0.3) is 0 Å². The van der Waals surface area contributed by atoms with E-state index in [9.17, 15) is 5.11 Å². The van der Waals surface area contributed by atoms with Gasteiger partial charge in [-0.25, -0.2) is 0 Å². The molecule has 4 heteroatoms. The van der Waals surface area contributed by atoms with Crippen molar-refractivity contribution in [2.45, 2.75) is 26.7 Å². The molecule has 92 valence electrons. The summed E-state index contributed by atoms with van der Waals surface area (Å²) in [6, 6.07) is 0. The van der Waals surface area contributed by atoms with Gasteiger partial charge in [-0.1, -0.05) is 13.8 Å². The number of nitrogens with one attached hydrogen (secondary N) is 1. The Morgan fingerprint density at radius 1 is 1.27 bits per heavy atom. The maximum atomic E-state index is 9.18. The Balaban J connectivity index is 3.29. The first kappa shape index (κ1) is 15.2. The Labute approximate surface area is 97.7 Å². The summed E-state index contributed by atoms with van der Waals surface area (Å²) in [5, 5.41) is 21.1. The molecule has 0 spiro atoms. The van der Waals surface area contributed by atoms with E-state index in [0.29, 0.717) is 6.61 Å². The second kappa shape index (κ2) is 9.46. The minimum atomic E-state index is 0.0236. The molecule has 0 aliphatic carbocycles. The van der Waals surface area contributed by atoms with E-state index in [2.05, 4.69) is 19.2 Å². The summed E-state index contributed by atoms with van der Waals surface area (Å²) < 4.78 is 0. The largest absolute Gasteiger partial charge is 0.396 e. The number of aliphatic hydroxyl groups excluding tert-OH is 2. The Bertz CT molecular complexity index is 141. The fraction of sp³-hybridized carbons (Fsp3) is 1.00. The molecular weight excluding hydrogens is 210 g/mol. The van der Waals surface area contributed by atoms with Crippen molar-refractivity contribution >= 4 is 11.8 Å². The van der Waals surface area contributed by atoms with Crippen molar-refractivity contribution in [3.8, 4) is 0 Å². The smallest absolute Gasteiger partial charge is 0.0496 e. The SMILES string of the molecule is CCC(C)(CO)CNCCSCCCO. The van der Waals surface area contributed by atoms with E-state index < -0.39 is 0 Å². The molecule has 1 atom stereocenters. The summed E-state index contributed by atoms with van der Waals surface area (Å²) in [5.74, 6) is 2.11. The lowest BCUT2D eigenvalue weighted by atomic mass is 9.89. The van der Waals surface area contributed by atoms with Crippen LogP contribution in [-0.4, -0.2) is 48.0 Å². The molecule has 3 N–H and O–H groups in total. The van der Waals surface area contributed by atoms with Gasteiger partial charge < -0.3 is 15.5 Å². The second-order valence-electron chi connectivity index (χ2n) is 4.19. The van der Waals surface area contributed by atoms with Gasteiger partial charge in [-0.05, 0) is 18.6 Å². The average molecular weight is 235 g/mol. The van der Waals surface area contributed by atoms with E-state index in [4.69, 9.17) is 5.11 Å². The maximum absolute atomic E-state index is 9.18. The van der Waals surface area contributed by atoms with Crippen molar-refractivity contribution in [1.29, 1.82) is 0 Å². The zero-order valence-corrected chi connectivity index (χ0v) is 10.8. The van der Waals surface area contributed by atoms with Crippen LogP contribution in [-0.2, 0) is 0 Å². The minimum Gasteiger partial charge on any atom is -0.396 e. The van der Waals surface area contributed by atoms with E-state index in [1.54, 1.807) is 0 Å². The normalized spacial score (nSPS) is 15.2. The zero-order chi connectivity index (χ0) is 11.6. The van der Waals surface area contributed by atoms with E-state index in [-0.39, 0.29) is 12.0 Å². The third kappa shape index (κ3) is 8.08. The van der Waals surface area contributed by atoms with Gasteiger partial charge in [-0.2, -0.15) is 11.8 Å². The molecule has 0 radical (unpaired) electrons. The predicted molar refractivity (Wildman–Crippen MR) is 67.4 cm³/mol. The molecule has 0 aromatic rings. The fourth-order valence-corrected chi connectivity index (χ4v) is 1.92. The molecule has 15 heavy (non-hydrogen) atoms. The van der Waals surface area contributed by atoms with Crippen LogP contribution in [0.3, 0.4) is 0 Å². The standard InChI is InChI=1S/C11H25NO2S/c1-3-11(2,10-14)9-12-5-8-15-7-4-6-13/h12-14H,3-10H2,1-2H3. The lowest BCUT2D eigenvalue weighted by Gasteiger charge is -2.25. The van der Waals surface area contributed by atoms with Crippen LogP contribution in [0.2, 0.25) is 0 Å². The molecule has 0 fully saturated rings. The summed E-state index contributed by atoms with van der Waals surface area (Å²) in [6.07, 6.45) is 1.88. The summed E-state index contributed by atoms with van der Waals surface area (Å²) in [7, 11) is 0. The number of hydrogen-bond acceptors (Lipinski definition) is 4. The minimum absolute atomic E-state index is 0.0236. The Hall–Kier alpha value is 0.230. The highest BCUT2D eigenvalue weighted by atomic mass is 32.2. The molecular formula is C11H25NO2S. The fourth-order valence-electron chi connectivity index (χ4n) is 1.10. The van der Waals surface area contributed by atoms with Crippen molar-refractivity contribution in [1.82, 2.24) is 5.32 Å². The first-order chi connectivity index (χ1) is 7.18. The van der Waals surface area contributed by atoms with Gasteiger partial charge in [0.05, 0.1) is 0 Å². The van der Waals surface area contributed by atoms with Crippen molar-refractivity contribution in [3.05, 3.63) is 0 Å². The van der Waals surface area contributed by atoms with Crippen molar-refractivity contribution in [3.63, 3.8) is 0 Å². The third-order valence-corrected chi connectivity index (χ3v) is 3.73. The second-order valence-corrected chi connectivity index (χ2v) is 5.41. The Morgan fingerprint density at radius 3 is 2.53 bits per heavy atom. The predicted octanol–water partition coefficient (Wildman–Crippen LogP) is 1.10. The molecule has 0 amide bonds. The molecule has 0 saturated heterocycles. The molecule has 0 aliphatic heterocycles. The summed E-state index contributed by atoms with van der Waals surface area (Å²) in [6.45, 7) is 6.59. The first-order valence-electron chi connectivity index (χ1n) is 5.68. The first-order valence-corrected chi connectivity index (χ1v) is 6.84. The summed E-state index contributed by atoms with van der Waals surface area (Å²) in [4.78, 5) is 0. The van der Waals surface area contributed by atoms with E-state index in [0.717, 1.165) is 37.4 Å². The van der Waals surface area contributed by atoms with Gasteiger partial charge in [0, 0.05) is 37.5 Å². The molecule has 0 heterocycles. The number of rotatable bonds is 10. The van der Waals surface area contributed by atoms with Crippen LogP contribution in [0.15, 0.2) is 0 Å². The van der Waals surface area contributed by atoms with Crippen LogP contribution >= 0.6 is 11.8 Å². The lowest BCUT2D eigenvalue weighted by Crippen LogP contribution is -2.35. The monoisotopic (exact) mass is 235 g/mol. The molecule has 0 aromatic heterocycles. The van der Waals surface area contributed by atoms with Gasteiger partial charge in [0.15, 0.2) is 0 Å². The quantitative estimate of drug-likeness (QED) is 0.496. The van der Waals surface area contributed by atoms with Crippen LogP contribution in [0.25, 0.3) is 0 Å². The van der Waals surface area contributed by atoms with Crippen molar-refractivity contribution in [2.24, 2.45) is 5.41 Å². The molecule has 0 rings (SSSR count). The summed E-state index contributed by atoms with van der Waals surface area (Å²) >= 11 is 1.86. The number of aliphatic hydroxyl groups is 2. The molecule has 0 bridgehead atoms. The van der Waals surface area contributed by atoms with Crippen LogP contribution in [0, 0.1) is 5.41 Å². The van der Waals surface area contributed by atoms with Crippen molar-refractivity contribution < 1.29 is 10.2 Å². The highest BCUT2D eigenvalue weighted by Gasteiger charge is 2.19. The van der Waals surface area contributed by atoms with Gasteiger partial charge in [0.1, 0.15) is 0 Å². The topological polar surface area (TPSA) is 52.5 Å². The summed E-state index contributed by atoms with van der Waals surface area (Å²) in [5.41, 5.74) is 0.0236. The Kier molecular flexibility index (Phi) is 9.60. The van der Waals surface area contributed by atoms with E-state index >= 15 is 0 Å². The van der Waals surface area contributed by atoms with E-state index in [1.165, 1.54) is 0 Å².